The highest BCUT2D eigenvalue weighted by Gasteiger charge is 2.18. The molecule has 0 amide bonds. The van der Waals surface area contributed by atoms with Gasteiger partial charge in [-0.2, -0.15) is 9.50 Å². The molecule has 0 fully saturated rings. The van der Waals surface area contributed by atoms with E-state index in [4.69, 9.17) is 0 Å². The van der Waals surface area contributed by atoms with Gasteiger partial charge in [0.2, 0.25) is 0 Å². The number of H-pyrrole nitrogens is 1. The van der Waals surface area contributed by atoms with E-state index in [0.29, 0.717) is 18.1 Å². The number of nitrogens with one attached hydrogen (secondary N) is 1. The Morgan fingerprint density at radius 2 is 1.72 bits per heavy atom. The van der Waals surface area contributed by atoms with Crippen LogP contribution < -0.4 is 5.56 Å². The topological polar surface area (TPSA) is 66.3 Å². The Bertz CT molecular complexity index is 1300. The zero-order valence-corrected chi connectivity index (χ0v) is 19.4. The molecule has 32 heavy (non-hydrogen) atoms. The lowest BCUT2D eigenvalue weighted by atomic mass is 9.87. The molecule has 5 rings (SSSR count). The van der Waals surface area contributed by atoms with Crippen LogP contribution in [0.3, 0.4) is 0 Å². The van der Waals surface area contributed by atoms with Crippen LogP contribution in [0.4, 0.5) is 0 Å². The van der Waals surface area contributed by atoms with Gasteiger partial charge in [0.15, 0.2) is 5.82 Å². The highest BCUT2D eigenvalue weighted by atomic mass is 35.5. The summed E-state index contributed by atoms with van der Waals surface area (Å²) in [4.78, 5) is 24.3. The Morgan fingerprint density at radius 1 is 1.00 bits per heavy atom. The van der Waals surface area contributed by atoms with E-state index >= 15 is 0 Å². The fourth-order valence-electron chi connectivity index (χ4n) is 4.18. The maximum Gasteiger partial charge on any atom is 0.274 e. The number of aromatic amines is 1. The van der Waals surface area contributed by atoms with Gasteiger partial charge in [-0.25, -0.2) is 4.98 Å². The zero-order valence-electron chi connectivity index (χ0n) is 18.6. The van der Waals surface area contributed by atoms with E-state index in [1.807, 2.05) is 12.1 Å². The maximum absolute atomic E-state index is 12.7. The van der Waals surface area contributed by atoms with Crippen molar-refractivity contribution in [2.24, 2.45) is 0 Å². The summed E-state index contributed by atoms with van der Waals surface area (Å²) in [6.07, 6.45) is 1.02. The van der Waals surface area contributed by atoms with Crippen molar-refractivity contribution in [1.82, 2.24) is 24.5 Å². The summed E-state index contributed by atoms with van der Waals surface area (Å²) in [5, 5.41) is 3.10. The lowest BCUT2D eigenvalue weighted by Crippen LogP contribution is -2.31. The molecule has 1 aliphatic heterocycles. The van der Waals surface area contributed by atoms with E-state index in [1.165, 1.54) is 21.2 Å². The molecule has 0 saturated carbocycles. The normalized spacial score (nSPS) is 14.2. The molecule has 2 aromatic heterocycles. The molecular weight excluding hydrogens is 422 g/mol. The minimum Gasteiger partial charge on any atom is -0.293 e. The monoisotopic (exact) mass is 449 g/mol. The number of nitrogens with zero attached hydrogens (tertiary/aromatic N) is 4. The molecule has 0 aliphatic carbocycles. The number of aromatic nitrogens is 4. The van der Waals surface area contributed by atoms with Gasteiger partial charge in [-0.05, 0) is 28.5 Å². The van der Waals surface area contributed by atoms with Crippen molar-refractivity contribution in [3.8, 4) is 11.4 Å². The Labute approximate surface area is 193 Å². The van der Waals surface area contributed by atoms with Crippen molar-refractivity contribution in [1.29, 1.82) is 0 Å². The Balaban J connectivity index is 0.00000245. The van der Waals surface area contributed by atoms with Gasteiger partial charge in [0.1, 0.15) is 0 Å². The highest BCUT2D eigenvalue weighted by Crippen LogP contribution is 2.25. The third kappa shape index (κ3) is 4.33. The van der Waals surface area contributed by atoms with Crippen LogP contribution >= 0.6 is 12.4 Å². The van der Waals surface area contributed by atoms with Crippen LogP contribution in [0.1, 0.15) is 43.2 Å². The van der Waals surface area contributed by atoms with Crippen molar-refractivity contribution < 1.29 is 0 Å². The second kappa shape index (κ2) is 8.52. The van der Waals surface area contributed by atoms with Crippen molar-refractivity contribution in [2.45, 2.75) is 45.7 Å². The first-order valence-electron chi connectivity index (χ1n) is 10.8. The van der Waals surface area contributed by atoms with E-state index in [9.17, 15) is 4.79 Å². The average molecular weight is 450 g/mol. The second-order valence-corrected chi connectivity index (χ2v) is 9.35. The van der Waals surface area contributed by atoms with Gasteiger partial charge < -0.3 is 0 Å². The Kier molecular flexibility index (Phi) is 5.93. The number of hydrogen-bond donors (Lipinski definition) is 1. The number of hydrogen-bond acceptors (Lipinski definition) is 4. The van der Waals surface area contributed by atoms with Gasteiger partial charge in [-0.1, -0.05) is 69.3 Å². The Morgan fingerprint density at radius 3 is 2.44 bits per heavy atom. The van der Waals surface area contributed by atoms with Gasteiger partial charge in [0.05, 0.1) is 5.69 Å². The summed E-state index contributed by atoms with van der Waals surface area (Å²) in [6.45, 7) is 9.05. The molecule has 166 valence electrons. The number of halogens is 1. The van der Waals surface area contributed by atoms with Gasteiger partial charge in [0.25, 0.3) is 11.3 Å². The second-order valence-electron chi connectivity index (χ2n) is 9.35. The molecule has 0 saturated heterocycles. The van der Waals surface area contributed by atoms with Gasteiger partial charge in [-0.3, -0.25) is 14.8 Å². The average Bonchev–Trinajstić information content (AvgIpc) is 3.18. The molecule has 6 nitrogen and oxygen atoms in total. The summed E-state index contributed by atoms with van der Waals surface area (Å²) in [7, 11) is 0. The van der Waals surface area contributed by atoms with Crippen LogP contribution in [-0.4, -0.2) is 31.0 Å². The fraction of sp³-hybridized carbons (Fsp3) is 0.320. The lowest BCUT2D eigenvalue weighted by Gasteiger charge is -2.28. The molecule has 3 heterocycles. The summed E-state index contributed by atoms with van der Waals surface area (Å²) in [6, 6.07) is 18.5. The fourth-order valence-corrected chi connectivity index (χ4v) is 4.18. The minimum atomic E-state index is -0.137. The largest absolute Gasteiger partial charge is 0.293 e. The highest BCUT2D eigenvalue weighted by molar-refractivity contribution is 5.85. The van der Waals surface area contributed by atoms with E-state index in [1.54, 1.807) is 6.07 Å². The predicted octanol–water partition coefficient (Wildman–Crippen LogP) is 4.36. The van der Waals surface area contributed by atoms with E-state index in [2.05, 4.69) is 77.1 Å². The summed E-state index contributed by atoms with van der Waals surface area (Å²) in [5.41, 5.74) is 5.67. The van der Waals surface area contributed by atoms with Crippen LogP contribution in [0.25, 0.3) is 17.2 Å². The maximum atomic E-state index is 12.7. The zero-order chi connectivity index (χ0) is 21.6. The number of fused-ring (bicyclic) bond motifs is 2. The molecule has 0 radical (unpaired) electrons. The molecule has 0 atom stereocenters. The first kappa shape index (κ1) is 22.2. The molecule has 4 aromatic rings. The SMILES string of the molecule is CC(C)(C)c1ccc(-c2nc3nc(CN4CCc5ccccc5C4)cc(=O)n3[nH]2)cc1.Cl. The van der Waals surface area contributed by atoms with Gasteiger partial charge in [-0.15, -0.1) is 12.4 Å². The third-order valence-corrected chi connectivity index (χ3v) is 6.00. The van der Waals surface area contributed by atoms with Gasteiger partial charge in [0, 0.05) is 31.3 Å². The van der Waals surface area contributed by atoms with Crippen molar-refractivity contribution in [2.75, 3.05) is 6.54 Å². The number of benzene rings is 2. The molecule has 1 aliphatic rings. The lowest BCUT2D eigenvalue weighted by molar-refractivity contribution is 0.242. The Hall–Kier alpha value is -2.96. The molecule has 0 unspecified atom stereocenters. The van der Waals surface area contributed by atoms with Gasteiger partial charge >= 0.3 is 0 Å². The van der Waals surface area contributed by atoms with E-state index in [0.717, 1.165) is 30.8 Å². The van der Waals surface area contributed by atoms with Crippen LogP contribution in [0.15, 0.2) is 59.4 Å². The van der Waals surface area contributed by atoms with Crippen molar-refractivity contribution in [3.05, 3.63) is 87.3 Å². The summed E-state index contributed by atoms with van der Waals surface area (Å²) < 4.78 is 1.42. The first-order chi connectivity index (χ1) is 14.9. The van der Waals surface area contributed by atoms with Crippen LogP contribution in [-0.2, 0) is 24.9 Å². The summed E-state index contributed by atoms with van der Waals surface area (Å²) >= 11 is 0. The van der Waals surface area contributed by atoms with Crippen molar-refractivity contribution in [3.63, 3.8) is 0 Å². The first-order valence-corrected chi connectivity index (χ1v) is 10.8. The molecule has 0 bridgehead atoms. The molecule has 1 N–H and O–H groups in total. The van der Waals surface area contributed by atoms with E-state index < -0.39 is 0 Å². The molecule has 7 heteroatoms. The smallest absolute Gasteiger partial charge is 0.274 e. The molecule has 0 spiro atoms. The van der Waals surface area contributed by atoms with Crippen LogP contribution in [0.5, 0.6) is 0 Å². The minimum absolute atomic E-state index is 0. The summed E-state index contributed by atoms with van der Waals surface area (Å²) in [5.74, 6) is 1.06. The number of rotatable bonds is 3. The van der Waals surface area contributed by atoms with E-state index in [-0.39, 0.29) is 23.4 Å². The molecular formula is C25H28ClN5O. The standard InChI is InChI=1S/C25H27N5O.ClH/c1-25(2,3)20-10-8-18(9-11-20)23-27-24-26-21(14-22(31)30(24)28-23)16-29-13-12-17-6-4-5-7-19(17)15-29;/h4-11,14H,12-13,15-16H2,1-3H3,(H,26,27,28);1H. The predicted molar refractivity (Wildman–Crippen MR) is 129 cm³/mol. The van der Waals surface area contributed by atoms with Crippen molar-refractivity contribution >= 4 is 18.2 Å². The van der Waals surface area contributed by atoms with Crippen LogP contribution in [0.2, 0.25) is 0 Å². The quantitative estimate of drug-likeness (QED) is 0.504. The van der Waals surface area contributed by atoms with Crippen LogP contribution in [0, 0.1) is 0 Å². The molecule has 2 aromatic carbocycles. The third-order valence-electron chi connectivity index (χ3n) is 6.00.